The van der Waals surface area contributed by atoms with Crippen LogP contribution >= 0.6 is 0 Å². The fraction of sp³-hybridized carbons (Fsp3) is 0.900. The lowest BCUT2D eigenvalue weighted by molar-refractivity contribution is -0.193. The molecule has 0 saturated heterocycles. The molecule has 2 heteroatoms. The van der Waals surface area contributed by atoms with Gasteiger partial charge in [-0.2, -0.15) is 0 Å². The lowest BCUT2D eigenvalue weighted by Crippen LogP contribution is -2.61. The third kappa shape index (κ3) is 1.69. The number of aliphatic hydroxyl groups excluding tert-OH is 2. The highest BCUT2D eigenvalue weighted by atomic mass is 16.3. The van der Waals surface area contributed by atoms with E-state index in [0.717, 1.165) is 18.8 Å². The Morgan fingerprint density at radius 2 is 1.95 bits per heavy atom. The van der Waals surface area contributed by atoms with Crippen LogP contribution in [-0.4, -0.2) is 22.9 Å². The van der Waals surface area contributed by atoms with Crippen LogP contribution in [-0.2, 0) is 0 Å². The predicted molar refractivity (Wildman–Crippen MR) is 88.3 cm³/mol. The van der Waals surface area contributed by atoms with E-state index in [2.05, 4.69) is 26.8 Å². The molecule has 3 fully saturated rings. The van der Waals surface area contributed by atoms with Crippen molar-refractivity contribution in [2.75, 3.05) is 6.61 Å². The van der Waals surface area contributed by atoms with Gasteiger partial charge in [0, 0.05) is 12.0 Å². The minimum atomic E-state index is -0.209. The van der Waals surface area contributed by atoms with Gasteiger partial charge < -0.3 is 10.2 Å². The van der Waals surface area contributed by atoms with Crippen molar-refractivity contribution >= 4 is 0 Å². The first-order valence-electron chi connectivity index (χ1n) is 9.34. The molecule has 2 bridgehead atoms. The Hall–Kier alpha value is -0.340. The summed E-state index contributed by atoms with van der Waals surface area (Å²) in [6.45, 7) is 7.31. The van der Waals surface area contributed by atoms with Crippen LogP contribution in [0.4, 0.5) is 0 Å². The van der Waals surface area contributed by atoms with E-state index >= 15 is 0 Å². The van der Waals surface area contributed by atoms with E-state index in [1.54, 1.807) is 0 Å². The number of hydrogen-bond acceptors (Lipinski definition) is 2. The molecule has 1 spiro atoms. The Labute approximate surface area is 135 Å². The van der Waals surface area contributed by atoms with Crippen molar-refractivity contribution < 1.29 is 10.2 Å². The normalized spacial score (nSPS) is 57.0. The molecule has 0 aromatic heterocycles. The summed E-state index contributed by atoms with van der Waals surface area (Å²) in [5, 5.41) is 21.2. The molecule has 7 atom stereocenters. The summed E-state index contributed by atoms with van der Waals surface area (Å²) in [5.74, 6) is 1.79. The predicted octanol–water partition coefficient (Wildman–Crippen LogP) is 3.92. The van der Waals surface area contributed by atoms with E-state index in [0.29, 0.717) is 17.3 Å². The maximum Gasteiger partial charge on any atom is 0.0637 e. The highest BCUT2D eigenvalue weighted by molar-refractivity contribution is 5.29. The van der Waals surface area contributed by atoms with Crippen LogP contribution in [0.25, 0.3) is 0 Å². The highest BCUT2D eigenvalue weighted by Crippen LogP contribution is 2.70. The number of rotatable bonds is 1. The second kappa shape index (κ2) is 4.60. The monoisotopic (exact) mass is 304 g/mol. The summed E-state index contributed by atoms with van der Waals surface area (Å²) >= 11 is 0. The Balaban J connectivity index is 1.80. The number of fused-ring (bicyclic) bond motifs is 3. The van der Waals surface area contributed by atoms with Crippen LogP contribution in [0.2, 0.25) is 0 Å². The van der Waals surface area contributed by atoms with Gasteiger partial charge in [-0.05, 0) is 74.0 Å². The first-order valence-corrected chi connectivity index (χ1v) is 9.34. The van der Waals surface area contributed by atoms with Crippen LogP contribution in [0.3, 0.4) is 0 Å². The first kappa shape index (κ1) is 15.2. The second-order valence-corrected chi connectivity index (χ2v) is 9.51. The van der Waals surface area contributed by atoms with E-state index < -0.39 is 0 Å². The van der Waals surface area contributed by atoms with Gasteiger partial charge in [-0.3, -0.25) is 0 Å². The van der Waals surface area contributed by atoms with Gasteiger partial charge in [0.25, 0.3) is 0 Å². The highest BCUT2D eigenvalue weighted by Gasteiger charge is 2.65. The summed E-state index contributed by atoms with van der Waals surface area (Å²) in [7, 11) is 0. The maximum absolute atomic E-state index is 11.2. The van der Waals surface area contributed by atoms with E-state index in [1.807, 2.05) is 0 Å². The van der Waals surface area contributed by atoms with Gasteiger partial charge >= 0.3 is 0 Å². The summed E-state index contributed by atoms with van der Waals surface area (Å²) in [4.78, 5) is 0. The van der Waals surface area contributed by atoms with Gasteiger partial charge in [0.05, 0.1) is 6.10 Å². The summed E-state index contributed by atoms with van der Waals surface area (Å²) < 4.78 is 0. The number of hydrogen-bond donors (Lipinski definition) is 2. The van der Waals surface area contributed by atoms with E-state index in [1.165, 1.54) is 37.7 Å². The Morgan fingerprint density at radius 1 is 1.18 bits per heavy atom. The molecule has 0 aromatic rings. The van der Waals surface area contributed by atoms with Crippen molar-refractivity contribution in [3.05, 3.63) is 11.6 Å². The molecular weight excluding hydrogens is 272 g/mol. The van der Waals surface area contributed by atoms with Crippen LogP contribution < -0.4 is 0 Å². The lowest BCUT2D eigenvalue weighted by Gasteiger charge is -2.65. The Morgan fingerprint density at radius 3 is 2.68 bits per heavy atom. The largest absolute Gasteiger partial charge is 0.396 e. The van der Waals surface area contributed by atoms with Crippen LogP contribution in [0.15, 0.2) is 11.6 Å². The number of aliphatic hydroxyl groups is 2. The van der Waals surface area contributed by atoms with Crippen LogP contribution in [0, 0.1) is 34.0 Å². The maximum atomic E-state index is 11.2. The van der Waals surface area contributed by atoms with Crippen molar-refractivity contribution in [3.63, 3.8) is 0 Å². The molecule has 2 N–H and O–H groups in total. The third-order valence-electron chi connectivity index (χ3n) is 8.53. The van der Waals surface area contributed by atoms with Gasteiger partial charge in [0.15, 0.2) is 0 Å². The SMILES string of the molecule is CC1=C[C@@]23C[C@H]1CC[C@H]2[C@]1(C)CCC[C@](C)(CO)[C@H]1C[C@@H]3O. The molecule has 0 heterocycles. The number of allylic oxidation sites excluding steroid dienone is 1. The first-order chi connectivity index (χ1) is 10.4. The molecule has 0 radical (unpaired) electrons. The van der Waals surface area contributed by atoms with E-state index in [9.17, 15) is 10.2 Å². The molecule has 4 aliphatic rings. The van der Waals surface area contributed by atoms with Crippen molar-refractivity contribution in [1.29, 1.82) is 0 Å². The van der Waals surface area contributed by atoms with Gasteiger partial charge in [0.2, 0.25) is 0 Å². The molecule has 2 nitrogen and oxygen atoms in total. The van der Waals surface area contributed by atoms with Crippen molar-refractivity contribution in [3.8, 4) is 0 Å². The average molecular weight is 304 g/mol. The van der Waals surface area contributed by atoms with Gasteiger partial charge in [-0.25, -0.2) is 0 Å². The molecule has 124 valence electrons. The molecule has 0 aromatic carbocycles. The minimum absolute atomic E-state index is 0.00377. The van der Waals surface area contributed by atoms with Crippen molar-refractivity contribution in [2.45, 2.75) is 71.8 Å². The molecule has 4 aliphatic carbocycles. The van der Waals surface area contributed by atoms with Gasteiger partial charge in [0.1, 0.15) is 0 Å². The summed E-state index contributed by atoms with van der Waals surface area (Å²) in [5.41, 5.74) is 1.88. The zero-order valence-electron chi connectivity index (χ0n) is 14.4. The Kier molecular flexibility index (Phi) is 3.18. The van der Waals surface area contributed by atoms with Crippen LogP contribution in [0.5, 0.6) is 0 Å². The van der Waals surface area contributed by atoms with Crippen LogP contribution in [0.1, 0.15) is 65.7 Å². The summed E-state index contributed by atoms with van der Waals surface area (Å²) in [6.07, 6.45) is 10.6. The van der Waals surface area contributed by atoms with Gasteiger partial charge in [-0.15, -0.1) is 0 Å². The zero-order chi connectivity index (χ0) is 15.8. The zero-order valence-corrected chi connectivity index (χ0v) is 14.4. The molecular formula is C20H32O2. The quantitative estimate of drug-likeness (QED) is 0.721. The third-order valence-corrected chi connectivity index (χ3v) is 8.53. The lowest BCUT2D eigenvalue weighted by atomic mass is 9.40. The smallest absolute Gasteiger partial charge is 0.0637 e. The molecule has 0 amide bonds. The molecule has 4 rings (SSSR count). The second-order valence-electron chi connectivity index (χ2n) is 9.51. The fourth-order valence-electron chi connectivity index (χ4n) is 7.43. The fourth-order valence-corrected chi connectivity index (χ4v) is 7.43. The molecule has 3 saturated carbocycles. The standard InChI is InChI=1S/C20H32O2/c1-13-10-20-11-14(13)5-6-15(20)19(3)8-4-7-18(2,12-21)16(19)9-17(20)22/h10,14-17,21-22H,4-9,11-12H2,1-3H3/t14-,15+,16-,17+,18-,19+,20-/m1/s1. The van der Waals surface area contributed by atoms with Crippen molar-refractivity contribution in [1.82, 2.24) is 0 Å². The molecule has 22 heavy (non-hydrogen) atoms. The molecule has 0 aliphatic heterocycles. The van der Waals surface area contributed by atoms with E-state index in [-0.39, 0.29) is 23.5 Å². The topological polar surface area (TPSA) is 40.5 Å². The summed E-state index contributed by atoms with van der Waals surface area (Å²) in [6, 6.07) is 0. The molecule has 0 unspecified atom stereocenters. The van der Waals surface area contributed by atoms with Crippen molar-refractivity contribution in [2.24, 2.45) is 34.0 Å². The van der Waals surface area contributed by atoms with Gasteiger partial charge in [-0.1, -0.05) is 31.9 Å². The van der Waals surface area contributed by atoms with E-state index in [4.69, 9.17) is 0 Å². The minimum Gasteiger partial charge on any atom is -0.396 e. The average Bonchev–Trinajstić information content (AvgIpc) is 2.73. The Bertz CT molecular complexity index is 512.